The summed E-state index contributed by atoms with van der Waals surface area (Å²) in [6.45, 7) is 5.15. The number of aromatic nitrogens is 2. The minimum atomic E-state index is -0.119. The van der Waals surface area contributed by atoms with Gasteiger partial charge in [-0.15, -0.1) is 0 Å². The molecule has 2 aromatic rings. The number of imidazole rings is 1. The molecular formula is C15H20ClN3. The Morgan fingerprint density at radius 2 is 2.21 bits per heavy atom. The van der Waals surface area contributed by atoms with Crippen LogP contribution in [0.5, 0.6) is 0 Å². The van der Waals surface area contributed by atoms with Gasteiger partial charge in [0.1, 0.15) is 5.82 Å². The molecule has 1 aromatic heterocycles. The molecule has 102 valence electrons. The smallest absolute Gasteiger partial charge is 0.110 e. The number of rotatable bonds is 5. The third-order valence-electron chi connectivity index (χ3n) is 3.22. The molecule has 0 bridgehead atoms. The first-order valence-corrected chi connectivity index (χ1v) is 7.01. The van der Waals surface area contributed by atoms with Crippen LogP contribution in [0, 0.1) is 6.92 Å². The molecule has 0 spiro atoms. The van der Waals surface area contributed by atoms with Crippen LogP contribution in [0.3, 0.4) is 0 Å². The number of hydrogen-bond donors (Lipinski definition) is 1. The SMILES string of the molecule is CCCn1ccnc1CC(N)c1ccc(C)cc1Cl. The first-order chi connectivity index (χ1) is 9.11. The number of aryl methyl sites for hydroxylation is 2. The van der Waals surface area contributed by atoms with Crippen LogP contribution >= 0.6 is 11.6 Å². The standard InChI is InChI=1S/C15H20ClN3/c1-3-7-19-8-6-18-15(19)10-14(17)12-5-4-11(2)9-13(12)16/h4-6,8-9,14H,3,7,10,17H2,1-2H3. The van der Waals surface area contributed by atoms with E-state index in [1.165, 1.54) is 0 Å². The summed E-state index contributed by atoms with van der Waals surface area (Å²) in [5, 5.41) is 0.737. The van der Waals surface area contributed by atoms with Gasteiger partial charge in [-0.05, 0) is 30.5 Å². The molecule has 0 saturated carbocycles. The van der Waals surface area contributed by atoms with Crippen molar-refractivity contribution in [2.75, 3.05) is 0 Å². The van der Waals surface area contributed by atoms with Gasteiger partial charge in [0, 0.05) is 36.4 Å². The van der Waals surface area contributed by atoms with Crippen LogP contribution in [0.2, 0.25) is 5.02 Å². The summed E-state index contributed by atoms with van der Waals surface area (Å²) in [7, 11) is 0. The molecule has 1 unspecified atom stereocenters. The number of nitrogens with zero attached hydrogens (tertiary/aromatic N) is 2. The molecule has 1 heterocycles. The van der Waals surface area contributed by atoms with Gasteiger partial charge < -0.3 is 10.3 Å². The van der Waals surface area contributed by atoms with Crippen LogP contribution in [0.25, 0.3) is 0 Å². The Bertz CT molecular complexity index is 548. The van der Waals surface area contributed by atoms with Crippen molar-refractivity contribution in [3.63, 3.8) is 0 Å². The predicted octanol–water partition coefficient (Wildman–Crippen LogP) is 3.50. The third-order valence-corrected chi connectivity index (χ3v) is 3.55. The van der Waals surface area contributed by atoms with E-state index in [9.17, 15) is 0 Å². The van der Waals surface area contributed by atoms with E-state index >= 15 is 0 Å². The summed E-state index contributed by atoms with van der Waals surface area (Å²) in [5.74, 6) is 1.02. The molecule has 0 aliphatic heterocycles. The highest BCUT2D eigenvalue weighted by molar-refractivity contribution is 6.31. The monoisotopic (exact) mass is 277 g/mol. The lowest BCUT2D eigenvalue weighted by Gasteiger charge is -2.15. The zero-order valence-corrected chi connectivity index (χ0v) is 12.2. The fourth-order valence-electron chi connectivity index (χ4n) is 2.21. The van der Waals surface area contributed by atoms with Crippen molar-refractivity contribution in [3.05, 3.63) is 52.6 Å². The first kappa shape index (κ1) is 14.1. The van der Waals surface area contributed by atoms with E-state index in [1.807, 2.05) is 37.5 Å². The maximum atomic E-state index is 6.26. The molecule has 2 N–H and O–H groups in total. The van der Waals surface area contributed by atoms with E-state index in [2.05, 4.69) is 16.5 Å². The summed E-state index contributed by atoms with van der Waals surface area (Å²) < 4.78 is 2.15. The second kappa shape index (κ2) is 6.22. The van der Waals surface area contributed by atoms with Crippen molar-refractivity contribution in [1.82, 2.24) is 9.55 Å². The Kier molecular flexibility index (Phi) is 4.61. The topological polar surface area (TPSA) is 43.8 Å². The van der Waals surface area contributed by atoms with Crippen LogP contribution in [-0.4, -0.2) is 9.55 Å². The van der Waals surface area contributed by atoms with Gasteiger partial charge in [-0.25, -0.2) is 4.98 Å². The van der Waals surface area contributed by atoms with E-state index in [0.29, 0.717) is 6.42 Å². The van der Waals surface area contributed by atoms with Gasteiger partial charge in [0.2, 0.25) is 0 Å². The summed E-state index contributed by atoms with van der Waals surface area (Å²) in [6.07, 6.45) is 5.62. The van der Waals surface area contributed by atoms with E-state index in [0.717, 1.165) is 34.9 Å². The molecule has 1 atom stereocenters. The zero-order valence-electron chi connectivity index (χ0n) is 11.4. The van der Waals surface area contributed by atoms with Crippen LogP contribution in [-0.2, 0) is 13.0 Å². The van der Waals surface area contributed by atoms with Gasteiger partial charge in [-0.2, -0.15) is 0 Å². The molecule has 1 aromatic carbocycles. The molecule has 0 radical (unpaired) electrons. The highest BCUT2D eigenvalue weighted by Crippen LogP contribution is 2.24. The van der Waals surface area contributed by atoms with E-state index < -0.39 is 0 Å². The van der Waals surface area contributed by atoms with Crippen LogP contribution < -0.4 is 5.73 Å². The molecular weight excluding hydrogens is 258 g/mol. The van der Waals surface area contributed by atoms with Gasteiger partial charge in [0.15, 0.2) is 0 Å². The fraction of sp³-hybridized carbons (Fsp3) is 0.400. The highest BCUT2D eigenvalue weighted by atomic mass is 35.5. The van der Waals surface area contributed by atoms with E-state index in [1.54, 1.807) is 0 Å². The van der Waals surface area contributed by atoms with Gasteiger partial charge in [-0.3, -0.25) is 0 Å². The Labute approximate surface area is 119 Å². The second-order valence-corrected chi connectivity index (χ2v) is 5.28. The molecule has 2 rings (SSSR count). The van der Waals surface area contributed by atoms with Gasteiger partial charge >= 0.3 is 0 Å². The quantitative estimate of drug-likeness (QED) is 0.909. The molecule has 0 fully saturated rings. The van der Waals surface area contributed by atoms with Crippen molar-refractivity contribution in [3.8, 4) is 0 Å². The lowest BCUT2D eigenvalue weighted by molar-refractivity contribution is 0.599. The summed E-state index contributed by atoms with van der Waals surface area (Å²) in [5.41, 5.74) is 8.40. The van der Waals surface area contributed by atoms with Gasteiger partial charge in [0.05, 0.1) is 0 Å². The van der Waals surface area contributed by atoms with Crippen molar-refractivity contribution >= 4 is 11.6 Å². The fourth-order valence-corrected chi connectivity index (χ4v) is 2.59. The Balaban J connectivity index is 2.16. The minimum absolute atomic E-state index is 0.119. The largest absolute Gasteiger partial charge is 0.335 e. The van der Waals surface area contributed by atoms with Crippen LogP contribution in [0.1, 0.15) is 36.3 Å². The summed E-state index contributed by atoms with van der Waals surface area (Å²) >= 11 is 6.26. The number of benzene rings is 1. The van der Waals surface area contributed by atoms with Gasteiger partial charge in [-0.1, -0.05) is 30.7 Å². The lowest BCUT2D eigenvalue weighted by Crippen LogP contribution is -2.17. The van der Waals surface area contributed by atoms with Crippen molar-refractivity contribution < 1.29 is 0 Å². The molecule has 0 aliphatic rings. The molecule has 0 aliphatic carbocycles. The maximum Gasteiger partial charge on any atom is 0.110 e. The van der Waals surface area contributed by atoms with E-state index in [-0.39, 0.29) is 6.04 Å². The van der Waals surface area contributed by atoms with Gasteiger partial charge in [0.25, 0.3) is 0 Å². The normalized spacial score (nSPS) is 12.6. The van der Waals surface area contributed by atoms with Crippen molar-refractivity contribution in [1.29, 1.82) is 0 Å². The number of nitrogens with two attached hydrogens (primary N) is 1. The zero-order chi connectivity index (χ0) is 13.8. The van der Waals surface area contributed by atoms with Crippen LogP contribution in [0.4, 0.5) is 0 Å². The molecule has 19 heavy (non-hydrogen) atoms. The summed E-state index contributed by atoms with van der Waals surface area (Å²) in [4.78, 5) is 4.39. The number of hydrogen-bond acceptors (Lipinski definition) is 2. The van der Waals surface area contributed by atoms with E-state index in [4.69, 9.17) is 17.3 Å². The van der Waals surface area contributed by atoms with Crippen molar-refractivity contribution in [2.45, 2.75) is 39.3 Å². The predicted molar refractivity (Wildman–Crippen MR) is 79.3 cm³/mol. The Morgan fingerprint density at radius 1 is 1.42 bits per heavy atom. The number of halogens is 1. The Hall–Kier alpha value is -1.32. The second-order valence-electron chi connectivity index (χ2n) is 4.87. The highest BCUT2D eigenvalue weighted by Gasteiger charge is 2.13. The third kappa shape index (κ3) is 3.37. The molecule has 0 amide bonds. The average Bonchev–Trinajstić information content (AvgIpc) is 2.77. The lowest BCUT2D eigenvalue weighted by atomic mass is 10.0. The van der Waals surface area contributed by atoms with Crippen molar-refractivity contribution in [2.24, 2.45) is 5.73 Å². The first-order valence-electron chi connectivity index (χ1n) is 6.63. The molecule has 4 heteroatoms. The van der Waals surface area contributed by atoms with Crippen LogP contribution in [0.15, 0.2) is 30.6 Å². The average molecular weight is 278 g/mol. The Morgan fingerprint density at radius 3 is 2.89 bits per heavy atom. The summed E-state index contributed by atoms with van der Waals surface area (Å²) in [6, 6.07) is 5.88. The molecule has 3 nitrogen and oxygen atoms in total. The maximum absolute atomic E-state index is 6.26. The minimum Gasteiger partial charge on any atom is -0.335 e. The molecule has 0 saturated heterocycles.